The Morgan fingerprint density at radius 2 is 2.00 bits per heavy atom. The molecule has 0 atom stereocenters. The number of nitrogens with zero attached hydrogens (tertiary/aromatic N) is 2. The van der Waals surface area contributed by atoms with Crippen molar-refractivity contribution >= 4 is 0 Å². The SMILES string of the molecule is Cc1c2n(c(C)nc1=O)CCCCC2. The molecule has 2 heterocycles. The molecule has 0 amide bonds. The van der Waals surface area contributed by atoms with E-state index in [1.165, 1.54) is 25.0 Å². The summed E-state index contributed by atoms with van der Waals surface area (Å²) in [5, 5.41) is 0. The van der Waals surface area contributed by atoms with E-state index in [1.54, 1.807) is 0 Å². The lowest BCUT2D eigenvalue weighted by molar-refractivity contribution is 0.601. The van der Waals surface area contributed by atoms with Crippen LogP contribution in [-0.4, -0.2) is 9.55 Å². The van der Waals surface area contributed by atoms with E-state index in [0.29, 0.717) is 0 Å². The molecule has 1 aliphatic rings. The van der Waals surface area contributed by atoms with Gasteiger partial charge in [-0.3, -0.25) is 4.79 Å². The first-order valence-electron chi connectivity index (χ1n) is 5.27. The van der Waals surface area contributed by atoms with E-state index in [2.05, 4.69) is 9.55 Å². The quantitative estimate of drug-likeness (QED) is 0.625. The molecule has 1 aromatic heterocycles. The molecule has 76 valence electrons. The minimum absolute atomic E-state index is 0.0457. The molecule has 2 rings (SSSR count). The highest BCUT2D eigenvalue weighted by Gasteiger charge is 2.13. The maximum absolute atomic E-state index is 11.5. The van der Waals surface area contributed by atoms with Crippen molar-refractivity contribution in [3.8, 4) is 0 Å². The Hall–Kier alpha value is -1.12. The average Bonchev–Trinajstić information content (AvgIpc) is 2.39. The molecule has 0 bridgehead atoms. The number of hydrogen-bond donors (Lipinski definition) is 0. The molecule has 1 aliphatic heterocycles. The molecule has 0 saturated heterocycles. The van der Waals surface area contributed by atoms with E-state index in [-0.39, 0.29) is 5.56 Å². The van der Waals surface area contributed by atoms with Crippen LogP contribution in [0.5, 0.6) is 0 Å². The van der Waals surface area contributed by atoms with Gasteiger partial charge in [-0.1, -0.05) is 6.42 Å². The van der Waals surface area contributed by atoms with E-state index in [0.717, 1.165) is 24.4 Å². The van der Waals surface area contributed by atoms with Gasteiger partial charge in [0.05, 0.1) is 0 Å². The lowest BCUT2D eigenvalue weighted by atomic mass is 10.1. The molecule has 0 saturated carbocycles. The van der Waals surface area contributed by atoms with E-state index < -0.39 is 0 Å². The number of hydrogen-bond acceptors (Lipinski definition) is 2. The summed E-state index contributed by atoms with van der Waals surface area (Å²) in [5.41, 5.74) is 2.01. The zero-order valence-electron chi connectivity index (χ0n) is 8.84. The Bertz CT molecular complexity index is 406. The van der Waals surface area contributed by atoms with Crippen molar-refractivity contribution in [3.63, 3.8) is 0 Å². The minimum atomic E-state index is -0.0457. The highest BCUT2D eigenvalue weighted by molar-refractivity contribution is 5.18. The van der Waals surface area contributed by atoms with Crippen molar-refractivity contribution < 1.29 is 0 Å². The largest absolute Gasteiger partial charge is 0.333 e. The Morgan fingerprint density at radius 1 is 1.21 bits per heavy atom. The molecule has 3 nitrogen and oxygen atoms in total. The van der Waals surface area contributed by atoms with Gasteiger partial charge in [-0.25, -0.2) is 0 Å². The molecule has 0 aliphatic carbocycles. The summed E-state index contributed by atoms with van der Waals surface area (Å²) >= 11 is 0. The van der Waals surface area contributed by atoms with Gasteiger partial charge in [0.25, 0.3) is 5.56 Å². The van der Waals surface area contributed by atoms with Gasteiger partial charge in [0.1, 0.15) is 5.82 Å². The first-order chi connectivity index (χ1) is 6.70. The third-order valence-corrected chi connectivity index (χ3v) is 3.03. The summed E-state index contributed by atoms with van der Waals surface area (Å²) in [6.45, 7) is 4.84. The Kier molecular flexibility index (Phi) is 2.40. The fourth-order valence-electron chi connectivity index (χ4n) is 2.17. The van der Waals surface area contributed by atoms with Crippen LogP contribution in [0, 0.1) is 13.8 Å². The van der Waals surface area contributed by atoms with Gasteiger partial charge < -0.3 is 4.57 Å². The highest BCUT2D eigenvalue weighted by Crippen LogP contribution is 2.16. The third kappa shape index (κ3) is 1.47. The Balaban J connectivity index is 2.63. The van der Waals surface area contributed by atoms with Gasteiger partial charge in [-0.2, -0.15) is 4.98 Å². The lowest BCUT2D eigenvalue weighted by Gasteiger charge is -2.14. The zero-order chi connectivity index (χ0) is 10.1. The molecule has 14 heavy (non-hydrogen) atoms. The van der Waals surface area contributed by atoms with Crippen molar-refractivity contribution in [2.24, 2.45) is 0 Å². The standard InChI is InChI=1S/C11H16N2O/c1-8-10-6-4-3-5-7-13(10)9(2)12-11(8)14/h3-7H2,1-2H3. The van der Waals surface area contributed by atoms with Crippen LogP contribution in [-0.2, 0) is 13.0 Å². The molecule has 0 aromatic carbocycles. The van der Waals surface area contributed by atoms with Gasteiger partial charge in [0.2, 0.25) is 0 Å². The predicted molar refractivity (Wildman–Crippen MR) is 55.5 cm³/mol. The van der Waals surface area contributed by atoms with Gasteiger partial charge in [-0.05, 0) is 33.1 Å². The summed E-state index contributed by atoms with van der Waals surface area (Å²) in [4.78, 5) is 15.5. The van der Waals surface area contributed by atoms with Gasteiger partial charge in [0, 0.05) is 17.8 Å². The minimum Gasteiger partial charge on any atom is -0.333 e. The Labute approximate surface area is 83.8 Å². The molecule has 0 radical (unpaired) electrons. The molecule has 1 aromatic rings. The summed E-state index contributed by atoms with van der Waals surface area (Å²) in [6.07, 6.45) is 4.70. The molecule has 0 spiro atoms. The molecular weight excluding hydrogens is 176 g/mol. The van der Waals surface area contributed by atoms with Crippen molar-refractivity contribution in [1.29, 1.82) is 0 Å². The second-order valence-corrected chi connectivity index (χ2v) is 4.00. The van der Waals surface area contributed by atoms with Gasteiger partial charge in [0.15, 0.2) is 0 Å². The maximum Gasteiger partial charge on any atom is 0.276 e. The van der Waals surface area contributed by atoms with Crippen molar-refractivity contribution in [3.05, 3.63) is 27.4 Å². The molecule has 0 N–H and O–H groups in total. The summed E-state index contributed by atoms with van der Waals surface area (Å²) in [5.74, 6) is 0.873. The van der Waals surface area contributed by atoms with Crippen LogP contribution in [0.1, 0.15) is 36.3 Å². The van der Waals surface area contributed by atoms with Crippen LogP contribution in [0.25, 0.3) is 0 Å². The first kappa shape index (κ1) is 9.44. The molecule has 0 unspecified atom stereocenters. The second-order valence-electron chi connectivity index (χ2n) is 4.00. The van der Waals surface area contributed by atoms with Crippen LogP contribution in [0.2, 0.25) is 0 Å². The van der Waals surface area contributed by atoms with Crippen LogP contribution in [0.15, 0.2) is 4.79 Å². The van der Waals surface area contributed by atoms with Crippen LogP contribution < -0.4 is 5.56 Å². The zero-order valence-corrected chi connectivity index (χ0v) is 8.84. The van der Waals surface area contributed by atoms with E-state index in [9.17, 15) is 4.79 Å². The number of aromatic nitrogens is 2. The third-order valence-electron chi connectivity index (χ3n) is 3.03. The number of aryl methyl sites for hydroxylation is 1. The summed E-state index contributed by atoms with van der Waals surface area (Å²) < 4.78 is 2.21. The number of fused-ring (bicyclic) bond motifs is 1. The highest BCUT2D eigenvalue weighted by atomic mass is 16.1. The van der Waals surface area contributed by atoms with E-state index in [1.807, 2.05) is 13.8 Å². The maximum atomic E-state index is 11.5. The van der Waals surface area contributed by atoms with Gasteiger partial charge in [-0.15, -0.1) is 0 Å². The van der Waals surface area contributed by atoms with Crippen LogP contribution >= 0.6 is 0 Å². The van der Waals surface area contributed by atoms with Crippen molar-refractivity contribution in [2.75, 3.05) is 0 Å². The first-order valence-corrected chi connectivity index (χ1v) is 5.27. The van der Waals surface area contributed by atoms with Crippen LogP contribution in [0.3, 0.4) is 0 Å². The fourth-order valence-corrected chi connectivity index (χ4v) is 2.17. The monoisotopic (exact) mass is 192 g/mol. The second kappa shape index (κ2) is 3.56. The fraction of sp³-hybridized carbons (Fsp3) is 0.636. The number of rotatable bonds is 0. The van der Waals surface area contributed by atoms with E-state index in [4.69, 9.17) is 0 Å². The Morgan fingerprint density at radius 3 is 2.79 bits per heavy atom. The lowest BCUT2D eigenvalue weighted by Crippen LogP contribution is -2.22. The smallest absolute Gasteiger partial charge is 0.276 e. The van der Waals surface area contributed by atoms with Crippen molar-refractivity contribution in [2.45, 2.75) is 46.1 Å². The predicted octanol–water partition coefficient (Wildman–Crippen LogP) is 1.59. The normalized spacial score (nSPS) is 16.1. The summed E-state index contributed by atoms with van der Waals surface area (Å²) in [7, 11) is 0. The van der Waals surface area contributed by atoms with Gasteiger partial charge >= 0.3 is 0 Å². The topological polar surface area (TPSA) is 34.9 Å². The summed E-state index contributed by atoms with van der Waals surface area (Å²) in [6, 6.07) is 0. The average molecular weight is 192 g/mol. The van der Waals surface area contributed by atoms with Crippen LogP contribution in [0.4, 0.5) is 0 Å². The van der Waals surface area contributed by atoms with E-state index >= 15 is 0 Å². The van der Waals surface area contributed by atoms with Crippen molar-refractivity contribution in [1.82, 2.24) is 9.55 Å². The molecule has 0 fully saturated rings. The molecule has 3 heteroatoms. The molecular formula is C11H16N2O.